The first-order valence-corrected chi connectivity index (χ1v) is 6.40. The summed E-state index contributed by atoms with van der Waals surface area (Å²) in [5.41, 5.74) is -0.691. The Labute approximate surface area is 130 Å². The number of amides is 1. The Balaban J connectivity index is 2.43. The number of nitrogens with one attached hydrogen (secondary N) is 1. The van der Waals surface area contributed by atoms with Crippen molar-refractivity contribution in [2.45, 2.75) is 0 Å². The van der Waals surface area contributed by atoms with Gasteiger partial charge in [0.1, 0.15) is 5.75 Å². The maximum absolute atomic E-state index is 12.3. The zero-order chi connectivity index (χ0) is 17.0. The summed E-state index contributed by atoms with van der Waals surface area (Å²) < 4.78 is 5.08. The minimum Gasteiger partial charge on any atom is -0.495 e. The molecule has 0 aromatic heterocycles. The lowest BCUT2D eigenvalue weighted by molar-refractivity contribution is -0.384. The van der Waals surface area contributed by atoms with Crippen LogP contribution in [0.1, 0.15) is 20.7 Å². The summed E-state index contributed by atoms with van der Waals surface area (Å²) in [7, 11) is 1.42. The normalized spacial score (nSPS) is 9.96. The minimum atomic E-state index is -1.36. The van der Waals surface area contributed by atoms with Gasteiger partial charge in [0.25, 0.3) is 11.6 Å². The number of carboxylic acid groups (broad SMARTS) is 1. The minimum absolute atomic E-state index is 0.308. The van der Waals surface area contributed by atoms with Crippen molar-refractivity contribution < 1.29 is 24.4 Å². The molecule has 0 bridgehead atoms. The highest BCUT2D eigenvalue weighted by Crippen LogP contribution is 2.25. The number of nitro groups is 1. The van der Waals surface area contributed by atoms with Crippen LogP contribution < -0.4 is 10.1 Å². The van der Waals surface area contributed by atoms with E-state index in [9.17, 15) is 19.7 Å². The van der Waals surface area contributed by atoms with Crippen LogP contribution in [0, 0.1) is 10.1 Å². The summed E-state index contributed by atoms with van der Waals surface area (Å²) in [5.74, 6) is -1.76. The number of aromatic carboxylic acids is 1. The second-order valence-corrected chi connectivity index (χ2v) is 4.45. The summed E-state index contributed by atoms with van der Waals surface area (Å²) in [5, 5.41) is 22.4. The fourth-order valence-corrected chi connectivity index (χ4v) is 1.96. The number of benzene rings is 2. The molecule has 23 heavy (non-hydrogen) atoms. The molecule has 0 aliphatic rings. The molecule has 0 spiro atoms. The molecule has 0 aliphatic heterocycles. The molecule has 0 radical (unpaired) electrons. The van der Waals surface area contributed by atoms with E-state index in [-0.39, 0.29) is 16.8 Å². The van der Waals surface area contributed by atoms with Gasteiger partial charge in [0.05, 0.1) is 28.8 Å². The molecule has 0 atom stereocenters. The number of anilines is 1. The van der Waals surface area contributed by atoms with Crippen molar-refractivity contribution in [2.24, 2.45) is 0 Å². The molecular weight excluding hydrogens is 304 g/mol. The third kappa shape index (κ3) is 3.43. The van der Waals surface area contributed by atoms with Crippen LogP contribution in [0.15, 0.2) is 42.5 Å². The molecule has 118 valence electrons. The van der Waals surface area contributed by atoms with Crippen molar-refractivity contribution in [2.75, 3.05) is 12.4 Å². The number of carbonyl (C=O) groups excluding carboxylic acids is 1. The SMILES string of the molecule is COc1ccccc1NC(=O)c1cc([N+](=O)[O-])ccc1C(=O)O. The van der Waals surface area contributed by atoms with E-state index in [0.29, 0.717) is 11.4 Å². The van der Waals surface area contributed by atoms with E-state index in [1.165, 1.54) is 7.11 Å². The van der Waals surface area contributed by atoms with Gasteiger partial charge < -0.3 is 15.2 Å². The number of hydrogen-bond donors (Lipinski definition) is 2. The van der Waals surface area contributed by atoms with E-state index in [2.05, 4.69) is 5.32 Å². The van der Waals surface area contributed by atoms with Gasteiger partial charge in [-0.1, -0.05) is 12.1 Å². The first-order valence-electron chi connectivity index (χ1n) is 6.40. The van der Waals surface area contributed by atoms with Crippen molar-refractivity contribution in [3.8, 4) is 5.75 Å². The number of nitro benzene ring substituents is 1. The lowest BCUT2D eigenvalue weighted by atomic mass is 10.1. The largest absolute Gasteiger partial charge is 0.495 e. The number of hydrogen-bond acceptors (Lipinski definition) is 5. The van der Waals surface area contributed by atoms with Gasteiger partial charge in [-0.15, -0.1) is 0 Å². The van der Waals surface area contributed by atoms with Gasteiger partial charge in [-0.2, -0.15) is 0 Å². The van der Waals surface area contributed by atoms with Crippen molar-refractivity contribution in [1.29, 1.82) is 0 Å². The second kappa shape index (κ2) is 6.56. The molecule has 0 fully saturated rings. The Bertz CT molecular complexity index is 787. The molecule has 2 N–H and O–H groups in total. The number of non-ortho nitro benzene ring substituents is 1. The van der Waals surface area contributed by atoms with Gasteiger partial charge in [0.15, 0.2) is 0 Å². The Hall–Kier alpha value is -3.42. The predicted molar refractivity (Wildman–Crippen MR) is 81.0 cm³/mol. The Morgan fingerprint density at radius 3 is 2.48 bits per heavy atom. The first-order chi connectivity index (χ1) is 10.9. The molecule has 0 heterocycles. The molecule has 8 nitrogen and oxygen atoms in total. The number of ether oxygens (including phenoxy) is 1. The Kier molecular flexibility index (Phi) is 4.55. The third-order valence-corrected chi connectivity index (χ3v) is 3.04. The average molecular weight is 316 g/mol. The van der Waals surface area contributed by atoms with E-state index in [0.717, 1.165) is 18.2 Å². The maximum atomic E-state index is 12.3. The van der Waals surface area contributed by atoms with Gasteiger partial charge in [-0.3, -0.25) is 14.9 Å². The first kappa shape index (κ1) is 16.0. The standard InChI is InChI=1S/C15H12N2O6/c1-23-13-5-3-2-4-12(13)16-14(18)11-8-9(17(21)22)6-7-10(11)15(19)20/h2-8H,1H3,(H,16,18)(H,19,20). The topological polar surface area (TPSA) is 119 Å². The van der Waals surface area contributed by atoms with Gasteiger partial charge in [0, 0.05) is 12.1 Å². The highest BCUT2D eigenvalue weighted by molar-refractivity contribution is 6.11. The van der Waals surface area contributed by atoms with Gasteiger partial charge in [0.2, 0.25) is 0 Å². The summed E-state index contributed by atoms with van der Waals surface area (Å²) >= 11 is 0. The van der Waals surface area contributed by atoms with Crippen LogP contribution in [0.25, 0.3) is 0 Å². The Morgan fingerprint density at radius 2 is 1.87 bits per heavy atom. The molecule has 2 rings (SSSR count). The highest BCUT2D eigenvalue weighted by atomic mass is 16.6. The van der Waals surface area contributed by atoms with Gasteiger partial charge >= 0.3 is 5.97 Å². The maximum Gasteiger partial charge on any atom is 0.336 e. The summed E-state index contributed by atoms with van der Waals surface area (Å²) in [6.07, 6.45) is 0. The zero-order valence-electron chi connectivity index (χ0n) is 12.0. The molecule has 1 amide bonds. The molecule has 2 aromatic carbocycles. The van der Waals surface area contributed by atoms with Crippen LogP contribution in [-0.2, 0) is 0 Å². The van der Waals surface area contributed by atoms with Crippen LogP contribution in [0.4, 0.5) is 11.4 Å². The molecule has 0 saturated carbocycles. The molecule has 2 aromatic rings. The molecular formula is C15H12N2O6. The van der Waals surface area contributed by atoms with Crippen LogP contribution in [0.5, 0.6) is 5.75 Å². The molecule has 0 aliphatic carbocycles. The molecule has 8 heteroatoms. The van der Waals surface area contributed by atoms with E-state index in [1.54, 1.807) is 24.3 Å². The van der Waals surface area contributed by atoms with Crippen LogP contribution in [-0.4, -0.2) is 29.0 Å². The van der Waals surface area contributed by atoms with E-state index in [4.69, 9.17) is 9.84 Å². The monoisotopic (exact) mass is 316 g/mol. The number of methoxy groups -OCH3 is 1. The lowest BCUT2D eigenvalue weighted by Crippen LogP contribution is -2.17. The fraction of sp³-hybridized carbons (Fsp3) is 0.0667. The smallest absolute Gasteiger partial charge is 0.336 e. The third-order valence-electron chi connectivity index (χ3n) is 3.04. The van der Waals surface area contributed by atoms with Crippen molar-refractivity contribution in [1.82, 2.24) is 0 Å². The van der Waals surface area contributed by atoms with Gasteiger partial charge in [-0.25, -0.2) is 4.79 Å². The van der Waals surface area contributed by atoms with Crippen molar-refractivity contribution >= 4 is 23.3 Å². The van der Waals surface area contributed by atoms with E-state index < -0.39 is 16.8 Å². The summed E-state index contributed by atoms with van der Waals surface area (Å²) in [6, 6.07) is 9.51. The van der Waals surface area contributed by atoms with Crippen LogP contribution in [0.2, 0.25) is 0 Å². The van der Waals surface area contributed by atoms with Crippen molar-refractivity contribution in [3.05, 3.63) is 63.7 Å². The number of carbonyl (C=O) groups is 2. The molecule has 0 saturated heterocycles. The predicted octanol–water partition coefficient (Wildman–Crippen LogP) is 2.55. The second-order valence-electron chi connectivity index (χ2n) is 4.45. The zero-order valence-corrected chi connectivity index (χ0v) is 12.0. The number of nitrogens with zero attached hydrogens (tertiary/aromatic N) is 1. The fourth-order valence-electron chi connectivity index (χ4n) is 1.96. The van der Waals surface area contributed by atoms with Crippen LogP contribution >= 0.6 is 0 Å². The highest BCUT2D eigenvalue weighted by Gasteiger charge is 2.21. The lowest BCUT2D eigenvalue weighted by Gasteiger charge is -2.11. The Morgan fingerprint density at radius 1 is 1.17 bits per heavy atom. The summed E-state index contributed by atoms with van der Waals surface area (Å²) in [6.45, 7) is 0. The summed E-state index contributed by atoms with van der Waals surface area (Å²) in [4.78, 5) is 33.7. The number of carboxylic acids is 1. The van der Waals surface area contributed by atoms with Crippen LogP contribution in [0.3, 0.4) is 0 Å². The number of rotatable bonds is 5. The average Bonchev–Trinajstić information content (AvgIpc) is 2.54. The number of para-hydroxylation sites is 2. The van der Waals surface area contributed by atoms with E-state index in [1.807, 2.05) is 0 Å². The van der Waals surface area contributed by atoms with Crippen molar-refractivity contribution in [3.63, 3.8) is 0 Å². The molecule has 0 unspecified atom stereocenters. The van der Waals surface area contributed by atoms with E-state index >= 15 is 0 Å². The van der Waals surface area contributed by atoms with Gasteiger partial charge in [-0.05, 0) is 18.2 Å². The quantitative estimate of drug-likeness (QED) is 0.646.